The van der Waals surface area contributed by atoms with Gasteiger partial charge in [0.2, 0.25) is 0 Å². The summed E-state index contributed by atoms with van der Waals surface area (Å²) in [6.45, 7) is 0. The molecular formula is C11H11N5S. The Hall–Kier alpha value is -1.76. The number of aromatic nitrogens is 3. The van der Waals surface area contributed by atoms with Crippen LogP contribution in [0.1, 0.15) is 17.4 Å². The molecule has 3 rings (SSSR count). The van der Waals surface area contributed by atoms with Gasteiger partial charge in [0.25, 0.3) is 0 Å². The second-order valence-electron chi connectivity index (χ2n) is 3.66. The minimum atomic E-state index is -0.167. The Morgan fingerprint density at radius 3 is 3.06 bits per heavy atom. The molecule has 0 radical (unpaired) electrons. The van der Waals surface area contributed by atoms with E-state index in [-0.39, 0.29) is 6.04 Å². The first kappa shape index (κ1) is 10.4. The highest BCUT2D eigenvalue weighted by Gasteiger charge is 2.18. The van der Waals surface area contributed by atoms with Gasteiger partial charge in [0.15, 0.2) is 0 Å². The maximum atomic E-state index is 5.62. The van der Waals surface area contributed by atoms with E-state index in [1.54, 1.807) is 11.3 Å². The number of nitrogens with two attached hydrogens (primary N) is 1. The Balaban J connectivity index is 2.16. The van der Waals surface area contributed by atoms with Crippen molar-refractivity contribution in [2.24, 2.45) is 5.84 Å². The Kier molecular flexibility index (Phi) is 2.60. The van der Waals surface area contributed by atoms with Gasteiger partial charge in [-0.2, -0.15) is 5.10 Å². The van der Waals surface area contributed by atoms with Gasteiger partial charge in [-0.05, 0) is 22.4 Å². The molecule has 2 aromatic heterocycles. The van der Waals surface area contributed by atoms with Crippen molar-refractivity contribution in [3.8, 4) is 0 Å². The molecule has 0 bridgehead atoms. The van der Waals surface area contributed by atoms with Crippen LogP contribution >= 0.6 is 11.3 Å². The van der Waals surface area contributed by atoms with Crippen molar-refractivity contribution in [2.45, 2.75) is 6.04 Å². The van der Waals surface area contributed by atoms with Gasteiger partial charge in [0.05, 0.1) is 0 Å². The summed E-state index contributed by atoms with van der Waals surface area (Å²) in [5, 5.41) is 9.99. The SMILES string of the molecule is NNC(c1ncn[nH]1)c1cccc2ccsc12. The summed E-state index contributed by atoms with van der Waals surface area (Å²) in [6, 6.07) is 8.08. The number of nitrogens with zero attached hydrogens (tertiary/aromatic N) is 2. The molecule has 6 heteroatoms. The molecule has 0 spiro atoms. The van der Waals surface area contributed by atoms with E-state index in [1.165, 1.54) is 16.4 Å². The second kappa shape index (κ2) is 4.25. The standard InChI is InChI=1S/C11H11N5S/c12-15-9(11-13-6-14-16-11)8-3-1-2-7-4-5-17-10(7)8/h1-6,9,15H,12H2,(H,13,14,16). The minimum Gasteiger partial charge on any atom is -0.270 e. The summed E-state index contributed by atoms with van der Waals surface area (Å²) >= 11 is 1.70. The van der Waals surface area contributed by atoms with E-state index in [2.05, 4.69) is 38.1 Å². The zero-order valence-corrected chi connectivity index (χ0v) is 9.74. The predicted molar refractivity (Wildman–Crippen MR) is 67.4 cm³/mol. The highest BCUT2D eigenvalue weighted by Crippen LogP contribution is 2.30. The van der Waals surface area contributed by atoms with E-state index in [1.807, 2.05) is 12.1 Å². The van der Waals surface area contributed by atoms with Crippen LogP contribution in [0.15, 0.2) is 36.0 Å². The maximum absolute atomic E-state index is 5.62. The minimum absolute atomic E-state index is 0.167. The summed E-state index contributed by atoms with van der Waals surface area (Å²) in [7, 11) is 0. The van der Waals surface area contributed by atoms with Crippen molar-refractivity contribution in [2.75, 3.05) is 0 Å². The van der Waals surface area contributed by atoms with E-state index >= 15 is 0 Å². The average molecular weight is 245 g/mol. The first-order chi connectivity index (χ1) is 8.40. The molecule has 0 fully saturated rings. The summed E-state index contributed by atoms with van der Waals surface area (Å²) in [5.74, 6) is 6.34. The first-order valence-electron chi connectivity index (χ1n) is 5.17. The lowest BCUT2D eigenvalue weighted by molar-refractivity contribution is 0.608. The monoisotopic (exact) mass is 245 g/mol. The number of H-pyrrole nitrogens is 1. The van der Waals surface area contributed by atoms with Gasteiger partial charge < -0.3 is 0 Å². The zero-order valence-electron chi connectivity index (χ0n) is 8.92. The fourth-order valence-electron chi connectivity index (χ4n) is 1.91. The largest absolute Gasteiger partial charge is 0.270 e. The highest BCUT2D eigenvalue weighted by molar-refractivity contribution is 7.17. The molecule has 17 heavy (non-hydrogen) atoms. The van der Waals surface area contributed by atoms with Crippen LogP contribution in [-0.4, -0.2) is 15.2 Å². The average Bonchev–Trinajstić information content (AvgIpc) is 3.00. The number of hydrogen-bond donors (Lipinski definition) is 3. The lowest BCUT2D eigenvalue weighted by Crippen LogP contribution is -2.29. The molecule has 86 valence electrons. The molecule has 1 unspecified atom stereocenters. The third-order valence-electron chi connectivity index (χ3n) is 2.69. The number of aromatic amines is 1. The van der Waals surface area contributed by atoms with E-state index < -0.39 is 0 Å². The topological polar surface area (TPSA) is 79.6 Å². The quantitative estimate of drug-likeness (QED) is 0.483. The fraction of sp³-hybridized carbons (Fsp3) is 0.0909. The van der Waals surface area contributed by atoms with Gasteiger partial charge in [-0.25, -0.2) is 10.4 Å². The third kappa shape index (κ3) is 1.72. The van der Waals surface area contributed by atoms with E-state index in [4.69, 9.17) is 5.84 Å². The van der Waals surface area contributed by atoms with Crippen molar-refractivity contribution >= 4 is 21.4 Å². The Labute approximate surface area is 102 Å². The first-order valence-corrected chi connectivity index (χ1v) is 6.05. The lowest BCUT2D eigenvalue weighted by atomic mass is 10.1. The number of rotatable bonds is 3. The molecule has 5 nitrogen and oxygen atoms in total. The van der Waals surface area contributed by atoms with Gasteiger partial charge in [0.1, 0.15) is 18.2 Å². The van der Waals surface area contributed by atoms with Crippen LogP contribution in [0.3, 0.4) is 0 Å². The molecule has 4 N–H and O–H groups in total. The number of nitrogens with one attached hydrogen (secondary N) is 2. The van der Waals surface area contributed by atoms with Crippen molar-refractivity contribution in [3.63, 3.8) is 0 Å². The van der Waals surface area contributed by atoms with E-state index in [0.29, 0.717) is 5.82 Å². The molecule has 1 atom stereocenters. The fourth-order valence-corrected chi connectivity index (χ4v) is 2.86. The number of fused-ring (bicyclic) bond motifs is 1. The van der Waals surface area contributed by atoms with Crippen LogP contribution in [0.25, 0.3) is 10.1 Å². The molecule has 0 aliphatic rings. The van der Waals surface area contributed by atoms with Crippen LogP contribution in [0, 0.1) is 0 Å². The van der Waals surface area contributed by atoms with Gasteiger partial charge >= 0.3 is 0 Å². The summed E-state index contributed by atoms with van der Waals surface area (Å²) in [6.07, 6.45) is 1.48. The predicted octanol–water partition coefficient (Wildman–Crippen LogP) is 1.57. The molecule has 1 aromatic carbocycles. The maximum Gasteiger partial charge on any atom is 0.147 e. The molecule has 0 aliphatic heterocycles. The van der Waals surface area contributed by atoms with E-state index in [0.717, 1.165) is 5.56 Å². The van der Waals surface area contributed by atoms with Crippen LogP contribution in [0.5, 0.6) is 0 Å². The highest BCUT2D eigenvalue weighted by atomic mass is 32.1. The Morgan fingerprint density at radius 1 is 1.35 bits per heavy atom. The molecule has 0 aliphatic carbocycles. The molecule has 3 aromatic rings. The normalized spacial score (nSPS) is 13.0. The molecule has 2 heterocycles. The smallest absolute Gasteiger partial charge is 0.147 e. The van der Waals surface area contributed by atoms with Crippen molar-refractivity contribution in [3.05, 3.63) is 47.4 Å². The van der Waals surface area contributed by atoms with Gasteiger partial charge in [-0.15, -0.1) is 11.3 Å². The van der Waals surface area contributed by atoms with Crippen LogP contribution < -0.4 is 11.3 Å². The van der Waals surface area contributed by atoms with E-state index in [9.17, 15) is 0 Å². The summed E-state index contributed by atoms with van der Waals surface area (Å²) in [4.78, 5) is 4.15. The lowest BCUT2D eigenvalue weighted by Gasteiger charge is -2.14. The van der Waals surface area contributed by atoms with Gasteiger partial charge in [0, 0.05) is 4.70 Å². The molecular weight excluding hydrogens is 234 g/mol. The Bertz CT molecular complexity index is 616. The Morgan fingerprint density at radius 2 is 2.29 bits per heavy atom. The number of hydrazine groups is 1. The third-order valence-corrected chi connectivity index (χ3v) is 3.67. The van der Waals surface area contributed by atoms with Gasteiger partial charge in [-0.1, -0.05) is 18.2 Å². The van der Waals surface area contributed by atoms with Crippen molar-refractivity contribution < 1.29 is 0 Å². The van der Waals surface area contributed by atoms with Crippen molar-refractivity contribution in [1.29, 1.82) is 0 Å². The number of thiophene rings is 1. The molecule has 0 saturated carbocycles. The molecule has 0 saturated heterocycles. The summed E-state index contributed by atoms with van der Waals surface area (Å²) < 4.78 is 1.21. The van der Waals surface area contributed by atoms with Crippen LogP contribution in [0.4, 0.5) is 0 Å². The second-order valence-corrected chi connectivity index (χ2v) is 4.57. The number of benzene rings is 1. The number of hydrogen-bond acceptors (Lipinski definition) is 5. The molecule has 0 amide bonds. The van der Waals surface area contributed by atoms with Crippen LogP contribution in [-0.2, 0) is 0 Å². The van der Waals surface area contributed by atoms with Crippen molar-refractivity contribution in [1.82, 2.24) is 20.6 Å². The van der Waals surface area contributed by atoms with Gasteiger partial charge in [-0.3, -0.25) is 10.9 Å². The summed E-state index contributed by atoms with van der Waals surface area (Å²) in [5.41, 5.74) is 3.88. The zero-order chi connectivity index (χ0) is 11.7. The van der Waals surface area contributed by atoms with Crippen LogP contribution in [0.2, 0.25) is 0 Å².